The molecule has 1 aromatic heterocycles. The van der Waals surface area contributed by atoms with E-state index in [0.29, 0.717) is 11.1 Å². The third kappa shape index (κ3) is 3.22. The van der Waals surface area contributed by atoms with Gasteiger partial charge in [0.1, 0.15) is 5.76 Å². The van der Waals surface area contributed by atoms with Crippen LogP contribution in [0.15, 0.2) is 103 Å². The Balaban J connectivity index is 1.96. The SMILES string of the molecule is O=c1oc(-c2ccc(Br)cc2)c(-c2ccc(Br)cc2)c2c3cccccc-3cc12. The Bertz CT molecular complexity index is 1370. The van der Waals surface area contributed by atoms with Crippen LogP contribution >= 0.6 is 31.9 Å². The zero-order chi connectivity index (χ0) is 20.0. The van der Waals surface area contributed by atoms with Crippen LogP contribution in [-0.4, -0.2) is 0 Å². The minimum atomic E-state index is -0.322. The predicted molar refractivity (Wildman–Crippen MR) is 125 cm³/mol. The summed E-state index contributed by atoms with van der Waals surface area (Å²) in [7, 11) is 0. The summed E-state index contributed by atoms with van der Waals surface area (Å²) in [6.45, 7) is 0. The largest absolute Gasteiger partial charge is 0.422 e. The van der Waals surface area contributed by atoms with Crippen LogP contribution in [0.4, 0.5) is 0 Å². The Hall–Kier alpha value is -2.69. The lowest BCUT2D eigenvalue weighted by Crippen LogP contribution is -2.01. The normalized spacial score (nSPS) is 11.2. The first kappa shape index (κ1) is 18.3. The van der Waals surface area contributed by atoms with E-state index in [1.54, 1.807) is 0 Å². The van der Waals surface area contributed by atoms with E-state index >= 15 is 0 Å². The molecular weight excluding hydrogens is 492 g/mol. The van der Waals surface area contributed by atoms with Crippen LogP contribution in [0.3, 0.4) is 0 Å². The molecule has 0 fully saturated rings. The Morgan fingerprint density at radius 3 is 1.97 bits per heavy atom. The van der Waals surface area contributed by atoms with Crippen LogP contribution in [-0.2, 0) is 0 Å². The Labute approximate surface area is 184 Å². The number of halogens is 2. The average Bonchev–Trinajstić information content (AvgIpc) is 2.92. The van der Waals surface area contributed by atoms with Crippen LogP contribution in [0.25, 0.3) is 44.3 Å². The van der Waals surface area contributed by atoms with E-state index in [2.05, 4.69) is 37.9 Å². The highest BCUT2D eigenvalue weighted by atomic mass is 79.9. The lowest BCUT2D eigenvalue weighted by molar-refractivity contribution is 0.536. The maximum absolute atomic E-state index is 12.9. The van der Waals surface area contributed by atoms with Crippen LogP contribution < -0.4 is 5.63 Å². The van der Waals surface area contributed by atoms with Gasteiger partial charge in [0.15, 0.2) is 0 Å². The van der Waals surface area contributed by atoms with Gasteiger partial charge in [-0.1, -0.05) is 86.5 Å². The zero-order valence-electron chi connectivity index (χ0n) is 15.2. The summed E-state index contributed by atoms with van der Waals surface area (Å²) in [6, 6.07) is 27.9. The fourth-order valence-electron chi connectivity index (χ4n) is 3.73. The van der Waals surface area contributed by atoms with E-state index in [0.717, 1.165) is 42.1 Å². The maximum Gasteiger partial charge on any atom is 0.344 e. The fourth-order valence-corrected chi connectivity index (χ4v) is 4.26. The molecule has 29 heavy (non-hydrogen) atoms. The highest BCUT2D eigenvalue weighted by molar-refractivity contribution is 9.10. The van der Waals surface area contributed by atoms with Crippen molar-refractivity contribution in [3.63, 3.8) is 0 Å². The minimum absolute atomic E-state index is 0.322. The van der Waals surface area contributed by atoms with E-state index in [1.807, 2.05) is 78.9 Å². The van der Waals surface area contributed by atoms with Gasteiger partial charge >= 0.3 is 5.63 Å². The summed E-state index contributed by atoms with van der Waals surface area (Å²) >= 11 is 6.99. The molecule has 0 amide bonds. The number of rotatable bonds is 2. The first-order valence-corrected chi connectivity index (χ1v) is 10.7. The van der Waals surface area contributed by atoms with E-state index in [1.165, 1.54) is 0 Å². The van der Waals surface area contributed by atoms with Gasteiger partial charge in [-0.25, -0.2) is 4.79 Å². The maximum atomic E-state index is 12.9. The molecule has 3 aromatic rings. The molecule has 0 aliphatic heterocycles. The molecule has 0 unspecified atom stereocenters. The van der Waals surface area contributed by atoms with Crippen LogP contribution in [0.1, 0.15) is 0 Å². The van der Waals surface area contributed by atoms with Gasteiger partial charge in [-0.05, 0) is 47.0 Å². The lowest BCUT2D eigenvalue weighted by atomic mass is 9.95. The molecule has 0 saturated carbocycles. The predicted octanol–water partition coefficient (Wildman–Crippen LogP) is 7.76. The summed E-state index contributed by atoms with van der Waals surface area (Å²) < 4.78 is 7.87. The highest BCUT2D eigenvalue weighted by Crippen LogP contribution is 2.43. The average molecular weight is 506 g/mol. The summed E-state index contributed by atoms with van der Waals surface area (Å²) in [5, 5.41) is 1.53. The van der Waals surface area contributed by atoms with Crippen molar-refractivity contribution in [1.29, 1.82) is 0 Å². The minimum Gasteiger partial charge on any atom is -0.422 e. The molecule has 0 atom stereocenters. The standard InChI is InChI=1S/C25H14Br2O2/c26-18-10-6-15(7-11-18)22-23-20-5-3-1-2-4-17(20)14-21(23)25(28)29-24(22)16-8-12-19(27)13-9-16/h1-14H. The Morgan fingerprint density at radius 2 is 1.28 bits per heavy atom. The molecule has 2 nitrogen and oxygen atoms in total. The molecule has 140 valence electrons. The molecular formula is C25H14Br2O2. The molecule has 0 spiro atoms. The smallest absolute Gasteiger partial charge is 0.344 e. The second kappa shape index (κ2) is 7.29. The van der Waals surface area contributed by atoms with Crippen LogP contribution in [0.5, 0.6) is 0 Å². The van der Waals surface area contributed by atoms with Crippen molar-refractivity contribution in [2.45, 2.75) is 0 Å². The van der Waals surface area contributed by atoms with E-state index in [-0.39, 0.29) is 5.63 Å². The molecule has 4 heteroatoms. The van der Waals surface area contributed by atoms with E-state index < -0.39 is 0 Å². The number of benzene rings is 2. The zero-order valence-corrected chi connectivity index (χ0v) is 18.3. The van der Waals surface area contributed by atoms with Crippen molar-refractivity contribution in [1.82, 2.24) is 0 Å². The third-order valence-corrected chi connectivity index (χ3v) is 6.10. The number of hydrogen-bond acceptors (Lipinski definition) is 2. The van der Waals surface area contributed by atoms with Crippen molar-refractivity contribution < 1.29 is 4.42 Å². The second-order valence-electron chi connectivity index (χ2n) is 6.82. The second-order valence-corrected chi connectivity index (χ2v) is 8.65. The topological polar surface area (TPSA) is 30.2 Å². The molecule has 2 aromatic carbocycles. The van der Waals surface area contributed by atoms with Crippen molar-refractivity contribution in [2.24, 2.45) is 0 Å². The van der Waals surface area contributed by atoms with Crippen molar-refractivity contribution in [3.8, 4) is 33.6 Å². The monoisotopic (exact) mass is 504 g/mol. The van der Waals surface area contributed by atoms with Gasteiger partial charge in [0.05, 0.1) is 5.39 Å². The molecule has 0 saturated heterocycles. The Morgan fingerprint density at radius 1 is 0.655 bits per heavy atom. The molecule has 1 heterocycles. The Kier molecular flexibility index (Phi) is 4.61. The first-order chi connectivity index (χ1) is 14.1. The molecule has 2 aliphatic carbocycles. The van der Waals surface area contributed by atoms with Crippen molar-refractivity contribution >= 4 is 42.6 Å². The molecule has 5 rings (SSSR count). The molecule has 2 aliphatic rings. The summed E-state index contributed by atoms with van der Waals surface area (Å²) in [4.78, 5) is 12.9. The van der Waals surface area contributed by atoms with Gasteiger partial charge in [-0.2, -0.15) is 0 Å². The number of fused-ring (bicyclic) bond motifs is 3. The summed E-state index contributed by atoms with van der Waals surface area (Å²) in [5.74, 6) is 0.580. The summed E-state index contributed by atoms with van der Waals surface area (Å²) in [5.41, 5.74) is 4.52. The highest BCUT2D eigenvalue weighted by Gasteiger charge is 2.22. The van der Waals surface area contributed by atoms with E-state index in [9.17, 15) is 4.79 Å². The lowest BCUT2D eigenvalue weighted by Gasteiger charge is -2.12. The first-order valence-electron chi connectivity index (χ1n) is 9.12. The van der Waals surface area contributed by atoms with Gasteiger partial charge in [0.2, 0.25) is 0 Å². The molecule has 0 bridgehead atoms. The quantitative estimate of drug-likeness (QED) is 0.245. The van der Waals surface area contributed by atoms with Gasteiger partial charge < -0.3 is 4.42 Å². The van der Waals surface area contributed by atoms with Gasteiger partial charge in [0, 0.05) is 25.5 Å². The van der Waals surface area contributed by atoms with Gasteiger partial charge in [0.25, 0.3) is 0 Å². The third-order valence-electron chi connectivity index (χ3n) is 5.04. The fraction of sp³-hybridized carbons (Fsp3) is 0. The van der Waals surface area contributed by atoms with E-state index in [4.69, 9.17) is 4.42 Å². The summed E-state index contributed by atoms with van der Waals surface area (Å²) in [6.07, 6.45) is 0. The van der Waals surface area contributed by atoms with Crippen molar-refractivity contribution in [2.75, 3.05) is 0 Å². The van der Waals surface area contributed by atoms with Crippen LogP contribution in [0.2, 0.25) is 0 Å². The van der Waals surface area contributed by atoms with Gasteiger partial charge in [-0.15, -0.1) is 0 Å². The number of hydrogen-bond donors (Lipinski definition) is 0. The molecule has 0 radical (unpaired) electrons. The molecule has 0 N–H and O–H groups in total. The van der Waals surface area contributed by atoms with Gasteiger partial charge in [-0.3, -0.25) is 0 Å². The van der Waals surface area contributed by atoms with Crippen molar-refractivity contribution in [3.05, 3.63) is 104 Å². The van der Waals surface area contributed by atoms with Crippen LogP contribution in [0, 0.1) is 0 Å².